The molecule has 0 bridgehead atoms. The molecule has 4 aromatic rings. The number of nitrogen functional groups attached to an aromatic ring is 1. The summed E-state index contributed by atoms with van der Waals surface area (Å²) in [5.41, 5.74) is 9.52. The number of halogens is 2. The van der Waals surface area contributed by atoms with E-state index in [1.54, 1.807) is 11.6 Å². The Labute approximate surface area is 121 Å². The number of aromatic nitrogens is 3. The second-order valence-corrected chi connectivity index (χ2v) is 5.45. The molecule has 0 radical (unpaired) electrons. The fourth-order valence-corrected chi connectivity index (χ4v) is 3.09. The van der Waals surface area contributed by atoms with Gasteiger partial charge >= 0.3 is 0 Å². The summed E-state index contributed by atoms with van der Waals surface area (Å²) in [6.45, 7) is 0. The lowest BCUT2D eigenvalue weighted by Crippen LogP contribution is -2.00. The number of fused-ring (bicyclic) bond motifs is 2. The summed E-state index contributed by atoms with van der Waals surface area (Å²) >= 11 is 1.48. The van der Waals surface area contributed by atoms with Crippen LogP contribution in [0.2, 0.25) is 0 Å². The molecule has 0 aliphatic heterocycles. The molecular weight excluding hydrogens is 294 g/mol. The van der Waals surface area contributed by atoms with Crippen LogP contribution in [0.15, 0.2) is 35.8 Å². The number of hydrogen-bond donors (Lipinski definition) is 1. The van der Waals surface area contributed by atoms with Crippen molar-refractivity contribution < 1.29 is 8.78 Å². The molecule has 0 saturated carbocycles. The fraction of sp³-hybridized carbons (Fsp3) is 0. The van der Waals surface area contributed by atoms with E-state index in [9.17, 15) is 8.78 Å². The zero-order valence-electron chi connectivity index (χ0n) is 10.5. The molecule has 4 rings (SSSR count). The monoisotopic (exact) mass is 302 g/mol. The van der Waals surface area contributed by atoms with E-state index in [-0.39, 0.29) is 11.5 Å². The molecule has 104 valence electrons. The van der Waals surface area contributed by atoms with E-state index in [1.165, 1.54) is 22.0 Å². The number of imidazole rings is 1. The summed E-state index contributed by atoms with van der Waals surface area (Å²) in [5.74, 6) is -1.28. The van der Waals surface area contributed by atoms with Crippen LogP contribution in [0.5, 0.6) is 0 Å². The van der Waals surface area contributed by atoms with Crippen LogP contribution >= 0.6 is 11.3 Å². The van der Waals surface area contributed by atoms with Gasteiger partial charge in [0, 0.05) is 12.1 Å². The van der Waals surface area contributed by atoms with Gasteiger partial charge in [-0.1, -0.05) is 0 Å². The Morgan fingerprint density at radius 1 is 1.14 bits per heavy atom. The third kappa shape index (κ3) is 1.78. The first-order valence-electron chi connectivity index (χ1n) is 6.10. The number of benzene rings is 2. The van der Waals surface area contributed by atoms with Crippen molar-refractivity contribution in [2.45, 2.75) is 0 Å². The van der Waals surface area contributed by atoms with Gasteiger partial charge in [0.2, 0.25) is 5.95 Å². The SMILES string of the molecule is Nc1nc2c(F)cc(F)cc2n1-c1ccc2ncsc2c1. The standard InChI is InChI=1S/C14H8F2N4S/c15-7-3-9(16)13-11(4-7)20(14(17)19-13)8-1-2-10-12(5-8)21-6-18-10/h1-6H,(H2,17,19). The molecule has 0 aliphatic rings. The van der Waals surface area contributed by atoms with E-state index >= 15 is 0 Å². The molecule has 2 N–H and O–H groups in total. The van der Waals surface area contributed by atoms with Crippen LogP contribution in [0, 0.1) is 11.6 Å². The average molecular weight is 302 g/mol. The van der Waals surface area contributed by atoms with Crippen molar-refractivity contribution in [1.82, 2.24) is 14.5 Å². The van der Waals surface area contributed by atoms with Crippen LogP contribution in [0.4, 0.5) is 14.7 Å². The highest BCUT2D eigenvalue weighted by Crippen LogP contribution is 2.28. The predicted molar refractivity (Wildman–Crippen MR) is 78.6 cm³/mol. The normalized spacial score (nSPS) is 11.5. The molecule has 2 aromatic carbocycles. The van der Waals surface area contributed by atoms with Gasteiger partial charge in [-0.25, -0.2) is 18.7 Å². The first-order valence-corrected chi connectivity index (χ1v) is 6.98. The lowest BCUT2D eigenvalue weighted by atomic mass is 10.2. The highest BCUT2D eigenvalue weighted by molar-refractivity contribution is 7.16. The molecular formula is C14H8F2N4S. The molecule has 0 amide bonds. The van der Waals surface area contributed by atoms with Crippen LogP contribution < -0.4 is 5.73 Å². The molecule has 0 fully saturated rings. The summed E-state index contributed by atoms with van der Waals surface area (Å²) in [6, 6.07) is 7.52. The summed E-state index contributed by atoms with van der Waals surface area (Å²) in [4.78, 5) is 8.18. The van der Waals surface area contributed by atoms with Gasteiger partial charge in [0.15, 0.2) is 5.82 Å². The Morgan fingerprint density at radius 3 is 2.86 bits per heavy atom. The summed E-state index contributed by atoms with van der Waals surface area (Å²) in [5, 5.41) is 0. The first kappa shape index (κ1) is 12.2. The maximum Gasteiger partial charge on any atom is 0.206 e. The van der Waals surface area contributed by atoms with Crippen molar-refractivity contribution in [1.29, 1.82) is 0 Å². The Morgan fingerprint density at radius 2 is 2.00 bits per heavy atom. The lowest BCUT2D eigenvalue weighted by molar-refractivity contribution is 0.590. The number of thiazole rings is 1. The molecule has 4 nitrogen and oxygen atoms in total. The van der Waals surface area contributed by atoms with Crippen molar-refractivity contribution in [2.24, 2.45) is 0 Å². The largest absolute Gasteiger partial charge is 0.369 e. The molecule has 21 heavy (non-hydrogen) atoms. The van der Waals surface area contributed by atoms with Gasteiger partial charge in [-0.05, 0) is 18.2 Å². The average Bonchev–Trinajstić information content (AvgIpc) is 3.01. The Hall–Kier alpha value is -2.54. The molecule has 0 unspecified atom stereocenters. The zero-order chi connectivity index (χ0) is 14.6. The van der Waals surface area contributed by atoms with Gasteiger partial charge in [0.05, 0.1) is 26.9 Å². The molecule has 2 heterocycles. The van der Waals surface area contributed by atoms with Crippen LogP contribution in [0.3, 0.4) is 0 Å². The van der Waals surface area contributed by atoms with E-state index in [0.29, 0.717) is 11.2 Å². The van der Waals surface area contributed by atoms with Gasteiger partial charge in [-0.2, -0.15) is 0 Å². The topological polar surface area (TPSA) is 56.7 Å². The van der Waals surface area contributed by atoms with Gasteiger partial charge in [0.1, 0.15) is 11.3 Å². The van der Waals surface area contributed by atoms with Crippen molar-refractivity contribution in [3.8, 4) is 5.69 Å². The Balaban J connectivity index is 2.06. The third-order valence-corrected chi connectivity index (χ3v) is 4.07. The minimum Gasteiger partial charge on any atom is -0.369 e. The minimum absolute atomic E-state index is 0.0540. The molecule has 7 heteroatoms. The van der Waals surface area contributed by atoms with Gasteiger partial charge < -0.3 is 5.73 Å². The highest BCUT2D eigenvalue weighted by atomic mass is 32.1. The molecule has 0 aliphatic carbocycles. The second kappa shape index (κ2) is 4.23. The van der Waals surface area contributed by atoms with E-state index in [1.807, 2.05) is 12.1 Å². The van der Waals surface area contributed by atoms with Crippen molar-refractivity contribution >= 4 is 38.5 Å². The van der Waals surface area contributed by atoms with Crippen LogP contribution in [-0.4, -0.2) is 14.5 Å². The van der Waals surface area contributed by atoms with E-state index in [2.05, 4.69) is 9.97 Å². The van der Waals surface area contributed by atoms with E-state index in [0.717, 1.165) is 16.3 Å². The first-order chi connectivity index (χ1) is 10.1. The third-order valence-electron chi connectivity index (χ3n) is 3.28. The summed E-state index contributed by atoms with van der Waals surface area (Å²) in [7, 11) is 0. The summed E-state index contributed by atoms with van der Waals surface area (Å²) in [6.07, 6.45) is 0. The van der Waals surface area contributed by atoms with Crippen molar-refractivity contribution in [3.63, 3.8) is 0 Å². The maximum absolute atomic E-state index is 13.8. The Kier molecular flexibility index (Phi) is 2.46. The summed E-state index contributed by atoms with van der Waals surface area (Å²) < 4.78 is 29.7. The molecule has 0 spiro atoms. The van der Waals surface area contributed by atoms with E-state index < -0.39 is 11.6 Å². The van der Waals surface area contributed by atoms with Crippen molar-refractivity contribution in [3.05, 3.63) is 47.5 Å². The molecule has 2 aromatic heterocycles. The highest BCUT2D eigenvalue weighted by Gasteiger charge is 2.15. The van der Waals surface area contributed by atoms with Crippen LogP contribution in [0.1, 0.15) is 0 Å². The number of nitrogens with two attached hydrogens (primary N) is 1. The molecule has 0 atom stereocenters. The van der Waals surface area contributed by atoms with E-state index in [4.69, 9.17) is 5.73 Å². The predicted octanol–water partition coefficient (Wildman–Crippen LogP) is 3.50. The van der Waals surface area contributed by atoms with Crippen molar-refractivity contribution in [2.75, 3.05) is 5.73 Å². The Bertz CT molecular complexity index is 989. The second-order valence-electron chi connectivity index (χ2n) is 4.57. The van der Waals surface area contributed by atoms with Gasteiger partial charge in [0.25, 0.3) is 0 Å². The number of nitrogens with zero attached hydrogens (tertiary/aromatic N) is 3. The zero-order valence-corrected chi connectivity index (χ0v) is 11.4. The van der Waals surface area contributed by atoms with Crippen LogP contribution in [-0.2, 0) is 0 Å². The smallest absolute Gasteiger partial charge is 0.206 e. The fourth-order valence-electron chi connectivity index (χ4n) is 2.38. The lowest BCUT2D eigenvalue weighted by Gasteiger charge is -2.06. The maximum atomic E-state index is 13.8. The van der Waals surface area contributed by atoms with Crippen LogP contribution in [0.25, 0.3) is 26.9 Å². The van der Waals surface area contributed by atoms with Gasteiger partial charge in [-0.3, -0.25) is 4.57 Å². The number of hydrogen-bond acceptors (Lipinski definition) is 4. The molecule has 0 saturated heterocycles. The van der Waals surface area contributed by atoms with Gasteiger partial charge in [-0.15, -0.1) is 11.3 Å². The minimum atomic E-state index is -0.727. The number of rotatable bonds is 1. The number of anilines is 1. The quantitative estimate of drug-likeness (QED) is 0.585.